The molecule has 1 aliphatic heterocycles. The van der Waals surface area contributed by atoms with E-state index in [1.165, 1.54) is 0 Å². The molecule has 4 nitrogen and oxygen atoms in total. The molecule has 0 spiro atoms. The number of likely N-dealkylation sites (N-methyl/N-ethyl adjacent to an activating group) is 1. The van der Waals surface area contributed by atoms with Gasteiger partial charge in [0.2, 0.25) is 0 Å². The van der Waals surface area contributed by atoms with Crippen LogP contribution in [0.5, 0.6) is 5.75 Å². The molecule has 1 N–H and O–H groups in total. The van der Waals surface area contributed by atoms with Crippen LogP contribution in [0.1, 0.15) is 18.1 Å². The molecule has 2 aromatic rings. The molecular weight excluding hydrogens is 300 g/mol. The average molecular weight is 315 g/mol. The third-order valence-electron chi connectivity index (χ3n) is 3.73. The standard InChI is InChI=1S/C17H15ClN2O2/c1-10-17(22)20(2)15-8-5-12(18)9-14(15)16(19-10)11-3-6-13(21)7-4-11/h3-10,21H,1-2H3. The molecule has 112 valence electrons. The number of hydrogen-bond donors (Lipinski definition) is 1. The lowest BCUT2D eigenvalue weighted by molar-refractivity contribution is -0.119. The van der Waals surface area contributed by atoms with Crippen LogP contribution >= 0.6 is 11.6 Å². The highest BCUT2D eigenvalue weighted by Gasteiger charge is 2.27. The maximum absolute atomic E-state index is 12.4. The van der Waals surface area contributed by atoms with Crippen LogP contribution in [0, 0.1) is 0 Å². The summed E-state index contributed by atoms with van der Waals surface area (Å²) in [5.41, 5.74) is 3.10. The van der Waals surface area contributed by atoms with Crippen molar-refractivity contribution in [3.63, 3.8) is 0 Å². The van der Waals surface area contributed by atoms with Crippen LogP contribution in [0.15, 0.2) is 47.5 Å². The van der Waals surface area contributed by atoms with Gasteiger partial charge in [0.1, 0.15) is 11.8 Å². The van der Waals surface area contributed by atoms with Crippen LogP contribution in [0.3, 0.4) is 0 Å². The summed E-state index contributed by atoms with van der Waals surface area (Å²) >= 11 is 6.13. The highest BCUT2D eigenvalue weighted by molar-refractivity contribution is 6.32. The third-order valence-corrected chi connectivity index (χ3v) is 3.96. The highest BCUT2D eigenvalue weighted by atomic mass is 35.5. The first-order chi connectivity index (χ1) is 10.5. The van der Waals surface area contributed by atoms with Crippen molar-refractivity contribution in [1.82, 2.24) is 0 Å². The Labute approximate surface area is 133 Å². The van der Waals surface area contributed by atoms with Gasteiger partial charge in [0.05, 0.1) is 11.4 Å². The number of amides is 1. The Morgan fingerprint density at radius 1 is 1.18 bits per heavy atom. The molecule has 1 unspecified atom stereocenters. The summed E-state index contributed by atoms with van der Waals surface area (Å²) in [5, 5.41) is 10.0. The molecule has 2 aromatic carbocycles. The second-order valence-electron chi connectivity index (χ2n) is 5.26. The Balaban J connectivity index is 2.25. The van der Waals surface area contributed by atoms with Crippen molar-refractivity contribution >= 4 is 28.9 Å². The lowest BCUT2D eigenvalue weighted by Gasteiger charge is -2.19. The van der Waals surface area contributed by atoms with Crippen molar-refractivity contribution in [3.05, 3.63) is 58.6 Å². The number of phenols is 1. The zero-order chi connectivity index (χ0) is 15.9. The fraction of sp³-hybridized carbons (Fsp3) is 0.176. The summed E-state index contributed by atoms with van der Waals surface area (Å²) in [6.07, 6.45) is 0. The van der Waals surface area contributed by atoms with Gasteiger partial charge >= 0.3 is 0 Å². The number of hydrogen-bond acceptors (Lipinski definition) is 3. The number of fused-ring (bicyclic) bond motifs is 1. The average Bonchev–Trinajstić information content (AvgIpc) is 2.59. The van der Waals surface area contributed by atoms with Crippen molar-refractivity contribution in [2.45, 2.75) is 13.0 Å². The lowest BCUT2D eigenvalue weighted by atomic mass is 10.00. The summed E-state index contributed by atoms with van der Waals surface area (Å²) in [4.78, 5) is 18.5. The second kappa shape index (κ2) is 5.46. The topological polar surface area (TPSA) is 52.9 Å². The quantitative estimate of drug-likeness (QED) is 0.878. The first-order valence-electron chi connectivity index (χ1n) is 6.92. The molecule has 22 heavy (non-hydrogen) atoms. The zero-order valence-corrected chi connectivity index (χ0v) is 13.0. The van der Waals surface area contributed by atoms with Gasteiger partial charge in [0, 0.05) is 23.2 Å². The normalized spacial score (nSPS) is 17.8. The SMILES string of the molecule is CC1N=C(c2ccc(O)cc2)c2cc(Cl)ccc2N(C)C1=O. The number of halogens is 1. The number of benzene rings is 2. The van der Waals surface area contributed by atoms with Crippen molar-refractivity contribution < 1.29 is 9.90 Å². The number of benzodiazepines with no additional fused rings is 1. The molecule has 5 heteroatoms. The van der Waals surface area contributed by atoms with Gasteiger partial charge < -0.3 is 10.0 Å². The molecule has 1 atom stereocenters. The predicted octanol–water partition coefficient (Wildman–Crippen LogP) is 3.25. The van der Waals surface area contributed by atoms with Gasteiger partial charge in [-0.15, -0.1) is 0 Å². The van der Waals surface area contributed by atoms with E-state index < -0.39 is 6.04 Å². The second-order valence-corrected chi connectivity index (χ2v) is 5.70. The van der Waals surface area contributed by atoms with E-state index >= 15 is 0 Å². The Morgan fingerprint density at radius 3 is 2.55 bits per heavy atom. The summed E-state index contributed by atoms with van der Waals surface area (Å²) < 4.78 is 0. The molecule has 3 rings (SSSR count). The maximum atomic E-state index is 12.4. The zero-order valence-electron chi connectivity index (χ0n) is 12.2. The van der Waals surface area contributed by atoms with E-state index in [4.69, 9.17) is 11.6 Å². The van der Waals surface area contributed by atoms with Crippen LogP contribution < -0.4 is 4.90 Å². The van der Waals surface area contributed by atoms with Gasteiger partial charge in [-0.25, -0.2) is 0 Å². The third kappa shape index (κ3) is 2.46. The van der Waals surface area contributed by atoms with E-state index in [-0.39, 0.29) is 11.7 Å². The molecular formula is C17H15ClN2O2. The minimum Gasteiger partial charge on any atom is -0.508 e. The number of carbonyl (C=O) groups excluding carboxylic acids is 1. The van der Waals surface area contributed by atoms with Crippen LogP contribution in [0.4, 0.5) is 5.69 Å². The number of phenolic OH excluding ortho intramolecular Hbond substituents is 1. The molecule has 0 fully saturated rings. The van der Waals surface area contributed by atoms with Gasteiger partial charge in [0.25, 0.3) is 5.91 Å². The minimum atomic E-state index is -0.486. The van der Waals surface area contributed by atoms with Gasteiger partial charge in [-0.3, -0.25) is 9.79 Å². The van der Waals surface area contributed by atoms with Crippen molar-refractivity contribution in [1.29, 1.82) is 0 Å². The van der Waals surface area contributed by atoms with Gasteiger partial charge in [-0.05, 0) is 49.4 Å². The largest absolute Gasteiger partial charge is 0.508 e. The van der Waals surface area contributed by atoms with E-state index in [1.807, 2.05) is 12.1 Å². The Bertz CT molecular complexity index is 769. The maximum Gasteiger partial charge on any atom is 0.251 e. The summed E-state index contributed by atoms with van der Waals surface area (Å²) in [7, 11) is 1.74. The Kier molecular flexibility index (Phi) is 3.62. The Hall–Kier alpha value is -2.33. The van der Waals surface area contributed by atoms with Crippen molar-refractivity contribution in [2.24, 2.45) is 4.99 Å². The smallest absolute Gasteiger partial charge is 0.251 e. The minimum absolute atomic E-state index is 0.0719. The molecule has 0 saturated carbocycles. The van der Waals surface area contributed by atoms with E-state index in [0.29, 0.717) is 10.7 Å². The highest BCUT2D eigenvalue weighted by Crippen LogP contribution is 2.30. The molecule has 0 aliphatic carbocycles. The van der Waals surface area contributed by atoms with Crippen LogP contribution in [0.25, 0.3) is 0 Å². The molecule has 1 amide bonds. The van der Waals surface area contributed by atoms with E-state index in [0.717, 1.165) is 16.8 Å². The van der Waals surface area contributed by atoms with Crippen molar-refractivity contribution in [3.8, 4) is 5.75 Å². The number of aromatic hydroxyl groups is 1. The Morgan fingerprint density at radius 2 is 1.86 bits per heavy atom. The van der Waals surface area contributed by atoms with Crippen LogP contribution in [-0.4, -0.2) is 29.8 Å². The lowest BCUT2D eigenvalue weighted by Crippen LogP contribution is -2.32. The number of carbonyl (C=O) groups is 1. The summed E-state index contributed by atoms with van der Waals surface area (Å²) in [5.74, 6) is 0.114. The van der Waals surface area contributed by atoms with Crippen molar-refractivity contribution in [2.75, 3.05) is 11.9 Å². The first-order valence-corrected chi connectivity index (χ1v) is 7.30. The number of rotatable bonds is 1. The van der Waals surface area contributed by atoms with Gasteiger partial charge in [-0.2, -0.15) is 0 Å². The summed E-state index contributed by atoms with van der Waals surface area (Å²) in [6.45, 7) is 1.77. The molecule has 1 heterocycles. The number of nitrogens with zero attached hydrogens (tertiary/aromatic N) is 2. The predicted molar refractivity (Wildman–Crippen MR) is 88.1 cm³/mol. The molecule has 0 aromatic heterocycles. The van der Waals surface area contributed by atoms with Gasteiger partial charge in [-0.1, -0.05) is 11.6 Å². The molecule has 0 radical (unpaired) electrons. The van der Waals surface area contributed by atoms with E-state index in [9.17, 15) is 9.90 Å². The fourth-order valence-corrected chi connectivity index (χ4v) is 2.73. The van der Waals surface area contributed by atoms with Crippen LogP contribution in [0.2, 0.25) is 5.02 Å². The number of aliphatic imine (C=N–C) groups is 1. The molecule has 1 aliphatic rings. The first kappa shape index (κ1) is 14.6. The van der Waals surface area contributed by atoms with E-state index in [2.05, 4.69) is 4.99 Å². The van der Waals surface area contributed by atoms with E-state index in [1.54, 1.807) is 49.2 Å². The number of anilines is 1. The van der Waals surface area contributed by atoms with Gasteiger partial charge in [0.15, 0.2) is 0 Å². The monoisotopic (exact) mass is 314 g/mol. The molecule has 0 saturated heterocycles. The van der Waals surface area contributed by atoms with Crippen LogP contribution in [-0.2, 0) is 4.79 Å². The molecule has 0 bridgehead atoms. The fourth-order valence-electron chi connectivity index (χ4n) is 2.56. The summed E-state index contributed by atoms with van der Waals surface area (Å²) in [6, 6.07) is 11.7.